The summed E-state index contributed by atoms with van der Waals surface area (Å²) in [7, 11) is 2.50. The van der Waals surface area contributed by atoms with E-state index in [2.05, 4.69) is 10.6 Å². The molecule has 2 N–H and O–H groups in total. The monoisotopic (exact) mass is 354 g/mol. The highest BCUT2D eigenvalue weighted by molar-refractivity contribution is 6.04. The molecular formula is C20H22N2O4. The highest BCUT2D eigenvalue weighted by Gasteiger charge is 2.23. The van der Waals surface area contributed by atoms with E-state index in [1.54, 1.807) is 24.3 Å². The quantitative estimate of drug-likeness (QED) is 0.612. The number of esters is 2. The van der Waals surface area contributed by atoms with Gasteiger partial charge in [0.05, 0.1) is 14.2 Å². The van der Waals surface area contributed by atoms with Crippen LogP contribution in [0.4, 0.5) is 11.4 Å². The number of ether oxygens (including phenoxy) is 2. The van der Waals surface area contributed by atoms with E-state index < -0.39 is 11.9 Å². The second-order valence-corrected chi connectivity index (χ2v) is 5.72. The van der Waals surface area contributed by atoms with Crippen molar-refractivity contribution in [2.75, 3.05) is 24.9 Å². The number of carbonyl (C=O) groups excluding carboxylic acids is 2. The topological polar surface area (TPSA) is 76.7 Å². The van der Waals surface area contributed by atoms with Gasteiger partial charge in [-0.15, -0.1) is 0 Å². The zero-order chi connectivity index (χ0) is 19.1. The number of hydrogen-bond donors (Lipinski definition) is 2. The van der Waals surface area contributed by atoms with Gasteiger partial charge >= 0.3 is 11.9 Å². The zero-order valence-electron chi connectivity index (χ0n) is 15.3. The minimum Gasteiger partial charge on any atom is -0.464 e. The molecule has 2 aromatic carbocycles. The summed E-state index contributed by atoms with van der Waals surface area (Å²) in [4.78, 5) is 24.6. The number of nitrogens with one attached hydrogen (secondary N) is 2. The highest BCUT2D eigenvalue weighted by Crippen LogP contribution is 2.19. The summed E-state index contributed by atoms with van der Waals surface area (Å²) in [6.45, 7) is 3.92. The summed E-state index contributed by atoms with van der Waals surface area (Å²) in [5.41, 5.74) is 3.36. The number of aryl methyl sites for hydroxylation is 2. The second kappa shape index (κ2) is 8.71. The molecule has 6 heteroatoms. The normalized spacial score (nSPS) is 11.2. The third kappa shape index (κ3) is 4.86. The molecule has 0 radical (unpaired) electrons. The van der Waals surface area contributed by atoms with Gasteiger partial charge in [0.15, 0.2) is 11.4 Å². The fourth-order valence-corrected chi connectivity index (χ4v) is 2.20. The summed E-state index contributed by atoms with van der Waals surface area (Å²) in [6.07, 6.45) is 0. The molecule has 0 saturated carbocycles. The van der Waals surface area contributed by atoms with Crippen LogP contribution in [0, 0.1) is 13.8 Å². The second-order valence-electron chi connectivity index (χ2n) is 5.72. The van der Waals surface area contributed by atoms with E-state index >= 15 is 0 Å². The first-order chi connectivity index (χ1) is 12.4. The number of methoxy groups -OCH3 is 2. The number of carbonyl (C=O) groups is 2. The van der Waals surface area contributed by atoms with Crippen molar-refractivity contribution < 1.29 is 19.1 Å². The van der Waals surface area contributed by atoms with Crippen LogP contribution in [-0.2, 0) is 19.1 Å². The van der Waals surface area contributed by atoms with Gasteiger partial charge in [0, 0.05) is 11.4 Å². The molecule has 6 nitrogen and oxygen atoms in total. The van der Waals surface area contributed by atoms with Crippen molar-refractivity contribution in [3.05, 3.63) is 71.1 Å². The van der Waals surface area contributed by atoms with Crippen molar-refractivity contribution in [2.24, 2.45) is 0 Å². The summed E-state index contributed by atoms with van der Waals surface area (Å²) in [5.74, 6) is -1.38. The van der Waals surface area contributed by atoms with Gasteiger partial charge in [0.25, 0.3) is 0 Å². The summed E-state index contributed by atoms with van der Waals surface area (Å²) >= 11 is 0. The zero-order valence-corrected chi connectivity index (χ0v) is 15.3. The molecule has 0 spiro atoms. The minimum absolute atomic E-state index is 0.0382. The Kier molecular flexibility index (Phi) is 6.38. The van der Waals surface area contributed by atoms with Crippen molar-refractivity contribution >= 4 is 23.3 Å². The summed E-state index contributed by atoms with van der Waals surface area (Å²) in [5, 5.41) is 5.89. The van der Waals surface area contributed by atoms with Gasteiger partial charge in [-0.2, -0.15) is 0 Å². The van der Waals surface area contributed by atoms with Crippen LogP contribution in [0.25, 0.3) is 0 Å². The van der Waals surface area contributed by atoms with E-state index in [0.717, 1.165) is 11.1 Å². The Morgan fingerprint density at radius 3 is 1.23 bits per heavy atom. The maximum Gasteiger partial charge on any atom is 0.356 e. The molecule has 2 aromatic rings. The van der Waals surface area contributed by atoms with Crippen molar-refractivity contribution in [3.63, 3.8) is 0 Å². The van der Waals surface area contributed by atoms with Crippen LogP contribution in [-0.4, -0.2) is 26.2 Å². The van der Waals surface area contributed by atoms with Gasteiger partial charge < -0.3 is 20.1 Å². The van der Waals surface area contributed by atoms with Crippen molar-refractivity contribution in [1.29, 1.82) is 0 Å². The van der Waals surface area contributed by atoms with Crippen molar-refractivity contribution in [2.45, 2.75) is 13.8 Å². The van der Waals surface area contributed by atoms with E-state index in [0.29, 0.717) is 11.4 Å². The Bertz CT molecular complexity index is 739. The molecule has 0 fully saturated rings. The van der Waals surface area contributed by atoms with E-state index in [9.17, 15) is 9.59 Å². The van der Waals surface area contributed by atoms with Gasteiger partial charge in [-0.3, -0.25) is 0 Å². The van der Waals surface area contributed by atoms with Crippen LogP contribution in [0.2, 0.25) is 0 Å². The molecule has 26 heavy (non-hydrogen) atoms. The molecule has 0 bridgehead atoms. The summed E-state index contributed by atoms with van der Waals surface area (Å²) in [6, 6.07) is 14.8. The molecule has 136 valence electrons. The lowest BCUT2D eigenvalue weighted by Crippen LogP contribution is -2.24. The molecule has 0 atom stereocenters. The van der Waals surface area contributed by atoms with Crippen LogP contribution >= 0.6 is 0 Å². The fraction of sp³-hybridized carbons (Fsp3) is 0.200. The lowest BCUT2D eigenvalue weighted by molar-refractivity contribution is -0.139. The van der Waals surface area contributed by atoms with E-state index in [-0.39, 0.29) is 11.4 Å². The first-order valence-corrected chi connectivity index (χ1v) is 8.03. The lowest BCUT2D eigenvalue weighted by Gasteiger charge is -2.16. The molecule has 2 rings (SSSR count). The predicted molar refractivity (Wildman–Crippen MR) is 101 cm³/mol. The first kappa shape index (κ1) is 19.1. The van der Waals surface area contributed by atoms with E-state index in [1.165, 1.54) is 14.2 Å². The lowest BCUT2D eigenvalue weighted by atomic mass is 10.2. The first-order valence-electron chi connectivity index (χ1n) is 8.03. The minimum atomic E-state index is -0.689. The molecule has 0 heterocycles. The van der Waals surface area contributed by atoms with Crippen LogP contribution in [0.5, 0.6) is 0 Å². The summed E-state index contributed by atoms with van der Waals surface area (Å²) < 4.78 is 9.67. The SMILES string of the molecule is COC(=O)/C(Nc1ccc(C)cc1)=C(\Nc1ccc(C)cc1)C(=O)OC. The van der Waals surface area contributed by atoms with Crippen molar-refractivity contribution in [3.8, 4) is 0 Å². The highest BCUT2D eigenvalue weighted by atomic mass is 16.5. The van der Waals surface area contributed by atoms with E-state index in [4.69, 9.17) is 9.47 Å². The fourth-order valence-electron chi connectivity index (χ4n) is 2.20. The molecule has 0 aliphatic rings. The standard InChI is InChI=1S/C20H22N2O4/c1-13-5-9-15(10-6-13)21-17(19(23)25-3)18(20(24)26-4)22-16-11-7-14(2)8-12-16/h5-12,21-22H,1-4H3/b18-17+. The number of rotatable bonds is 6. The smallest absolute Gasteiger partial charge is 0.356 e. The number of anilines is 2. The maximum absolute atomic E-state index is 12.3. The Labute approximate surface area is 152 Å². The van der Waals surface area contributed by atoms with Crippen LogP contribution in [0.15, 0.2) is 59.9 Å². The number of hydrogen-bond acceptors (Lipinski definition) is 6. The Morgan fingerprint density at radius 2 is 0.962 bits per heavy atom. The van der Waals surface area contributed by atoms with Gasteiger partial charge in [-0.1, -0.05) is 35.4 Å². The van der Waals surface area contributed by atoms with E-state index in [1.807, 2.05) is 38.1 Å². The van der Waals surface area contributed by atoms with Gasteiger partial charge in [-0.05, 0) is 38.1 Å². The molecule has 0 aliphatic heterocycles. The average Bonchev–Trinajstić information content (AvgIpc) is 2.66. The van der Waals surface area contributed by atoms with Crippen LogP contribution in [0.3, 0.4) is 0 Å². The van der Waals surface area contributed by atoms with Crippen LogP contribution in [0.1, 0.15) is 11.1 Å². The largest absolute Gasteiger partial charge is 0.464 e. The van der Waals surface area contributed by atoms with Gasteiger partial charge in [-0.25, -0.2) is 9.59 Å². The molecule has 0 saturated heterocycles. The average molecular weight is 354 g/mol. The Balaban J connectivity index is 2.46. The Morgan fingerprint density at radius 1 is 0.654 bits per heavy atom. The predicted octanol–water partition coefficient (Wildman–Crippen LogP) is 3.39. The third-order valence-electron chi connectivity index (χ3n) is 3.67. The molecule has 0 aliphatic carbocycles. The van der Waals surface area contributed by atoms with Crippen molar-refractivity contribution in [1.82, 2.24) is 0 Å². The molecule has 0 amide bonds. The van der Waals surface area contributed by atoms with Crippen LogP contribution < -0.4 is 10.6 Å². The maximum atomic E-state index is 12.3. The third-order valence-corrected chi connectivity index (χ3v) is 3.67. The molecule has 0 aromatic heterocycles. The number of benzene rings is 2. The Hall–Kier alpha value is -3.28. The van der Waals surface area contributed by atoms with Gasteiger partial charge in [0.2, 0.25) is 0 Å². The molecular weight excluding hydrogens is 332 g/mol. The molecule has 0 unspecified atom stereocenters. The van der Waals surface area contributed by atoms with Gasteiger partial charge in [0.1, 0.15) is 0 Å².